The Labute approximate surface area is 127 Å². The molecule has 0 saturated carbocycles. The Kier molecular flexibility index (Phi) is 6.64. The van der Waals surface area contributed by atoms with Gasteiger partial charge in [0.2, 0.25) is 10.0 Å². The molecule has 0 aliphatic rings. The molecule has 0 heterocycles. The van der Waals surface area contributed by atoms with Gasteiger partial charge in [-0.1, -0.05) is 35.0 Å². The molecule has 112 valence electrons. The minimum absolute atomic E-state index is 0.113. The molecule has 5 nitrogen and oxygen atoms in total. The highest BCUT2D eigenvalue weighted by Gasteiger charge is 2.18. The monoisotopic (exact) mass is 363 g/mol. The maximum atomic E-state index is 11.9. The molecule has 0 fully saturated rings. The van der Waals surface area contributed by atoms with Crippen molar-refractivity contribution in [1.82, 2.24) is 4.72 Å². The van der Waals surface area contributed by atoms with Crippen LogP contribution >= 0.6 is 15.9 Å². The van der Waals surface area contributed by atoms with Crippen LogP contribution in [0.15, 0.2) is 28.7 Å². The predicted octanol–water partition coefficient (Wildman–Crippen LogP) is 2.68. The van der Waals surface area contributed by atoms with Gasteiger partial charge >= 0.3 is 5.97 Å². The van der Waals surface area contributed by atoms with Crippen molar-refractivity contribution in [2.75, 3.05) is 5.75 Å². The smallest absolute Gasteiger partial charge is 0.303 e. The van der Waals surface area contributed by atoms with Gasteiger partial charge in [0, 0.05) is 16.9 Å². The Hall–Kier alpha value is -0.920. The van der Waals surface area contributed by atoms with E-state index in [1.54, 1.807) is 0 Å². The molecule has 0 amide bonds. The number of carboxylic acids is 1. The molecule has 1 aromatic rings. The van der Waals surface area contributed by atoms with Crippen molar-refractivity contribution in [3.05, 3.63) is 34.3 Å². The van der Waals surface area contributed by atoms with E-state index in [-0.39, 0.29) is 24.6 Å². The second kappa shape index (κ2) is 7.75. The van der Waals surface area contributed by atoms with E-state index in [0.717, 1.165) is 10.0 Å². The lowest BCUT2D eigenvalue weighted by Gasteiger charge is -2.17. The zero-order valence-corrected chi connectivity index (χ0v) is 13.6. The summed E-state index contributed by atoms with van der Waals surface area (Å²) >= 11 is 3.33. The summed E-state index contributed by atoms with van der Waals surface area (Å²) in [5, 5.41) is 8.52. The Balaban J connectivity index is 2.67. The summed E-state index contributed by atoms with van der Waals surface area (Å²) in [5.41, 5.74) is 0.887. The molecule has 20 heavy (non-hydrogen) atoms. The van der Waals surface area contributed by atoms with Crippen LogP contribution in [0.4, 0.5) is 0 Å². The number of hydrogen-bond acceptors (Lipinski definition) is 3. The summed E-state index contributed by atoms with van der Waals surface area (Å²) in [6.45, 7) is 1.90. The molecule has 0 aliphatic heterocycles. The van der Waals surface area contributed by atoms with E-state index in [1.807, 2.05) is 31.2 Å². The van der Waals surface area contributed by atoms with Crippen LogP contribution in [0.3, 0.4) is 0 Å². The maximum Gasteiger partial charge on any atom is 0.303 e. The highest BCUT2D eigenvalue weighted by molar-refractivity contribution is 9.10. The number of nitrogens with one attached hydrogen (secondary N) is 1. The Morgan fingerprint density at radius 3 is 2.45 bits per heavy atom. The molecule has 0 spiro atoms. The average molecular weight is 364 g/mol. The number of carboxylic acid groups (broad SMARTS) is 1. The Morgan fingerprint density at radius 2 is 1.95 bits per heavy atom. The fourth-order valence-corrected chi connectivity index (χ4v) is 3.41. The molecule has 2 N–H and O–H groups in total. The highest BCUT2D eigenvalue weighted by Crippen LogP contribution is 2.20. The van der Waals surface area contributed by atoms with Gasteiger partial charge in [0.15, 0.2) is 0 Å². The third-order valence-corrected chi connectivity index (χ3v) is 4.80. The predicted molar refractivity (Wildman–Crippen MR) is 81.0 cm³/mol. The Morgan fingerprint density at radius 1 is 1.35 bits per heavy atom. The molecule has 0 aromatic heterocycles. The third-order valence-electron chi connectivity index (χ3n) is 2.81. The number of halogens is 1. The van der Waals surface area contributed by atoms with Gasteiger partial charge in [-0.2, -0.15) is 0 Å². The lowest BCUT2D eigenvalue weighted by molar-refractivity contribution is -0.137. The summed E-state index contributed by atoms with van der Waals surface area (Å²) in [4.78, 5) is 10.4. The molecule has 1 rings (SSSR count). The second-order valence-electron chi connectivity index (χ2n) is 4.45. The quantitative estimate of drug-likeness (QED) is 0.743. The molecule has 0 bridgehead atoms. The van der Waals surface area contributed by atoms with Gasteiger partial charge in [0.25, 0.3) is 0 Å². The van der Waals surface area contributed by atoms with E-state index in [9.17, 15) is 13.2 Å². The summed E-state index contributed by atoms with van der Waals surface area (Å²) in [6, 6.07) is 7.14. The first-order valence-electron chi connectivity index (χ1n) is 6.31. The largest absolute Gasteiger partial charge is 0.481 e. The van der Waals surface area contributed by atoms with E-state index >= 15 is 0 Å². The molecule has 1 atom stereocenters. The lowest BCUT2D eigenvalue weighted by atomic mass is 10.1. The molecule has 0 saturated heterocycles. The van der Waals surface area contributed by atoms with Crippen molar-refractivity contribution >= 4 is 31.9 Å². The Bertz CT molecular complexity index is 542. The number of rotatable bonds is 8. The van der Waals surface area contributed by atoms with Crippen molar-refractivity contribution in [3.8, 4) is 0 Å². The van der Waals surface area contributed by atoms with Crippen LogP contribution < -0.4 is 4.72 Å². The van der Waals surface area contributed by atoms with E-state index in [4.69, 9.17) is 5.11 Å². The van der Waals surface area contributed by atoms with Gasteiger partial charge in [-0.05, 0) is 30.5 Å². The van der Waals surface area contributed by atoms with Crippen molar-refractivity contribution in [2.45, 2.75) is 32.2 Å². The first kappa shape index (κ1) is 17.1. The van der Waals surface area contributed by atoms with Gasteiger partial charge in [-0.3, -0.25) is 4.79 Å². The van der Waals surface area contributed by atoms with Crippen LogP contribution in [0.25, 0.3) is 0 Å². The molecular formula is C13H18BrNO4S. The van der Waals surface area contributed by atoms with E-state index in [0.29, 0.717) is 6.42 Å². The van der Waals surface area contributed by atoms with Crippen molar-refractivity contribution < 1.29 is 18.3 Å². The standard InChI is InChI=1S/C13H18BrNO4S/c1-2-12(10-5-7-11(14)8-6-10)15-20(18,19)9-3-4-13(16)17/h5-8,12,15H,2-4,9H2,1H3,(H,16,17). The number of sulfonamides is 1. The van der Waals surface area contributed by atoms with Crippen LogP contribution in [0.5, 0.6) is 0 Å². The summed E-state index contributed by atoms with van der Waals surface area (Å²) in [7, 11) is -3.47. The molecule has 7 heteroatoms. The van der Waals surface area contributed by atoms with Crippen LogP contribution in [0, 0.1) is 0 Å². The maximum absolute atomic E-state index is 11.9. The molecule has 0 aliphatic carbocycles. The van der Waals surface area contributed by atoms with Gasteiger partial charge in [0.05, 0.1) is 5.75 Å². The van der Waals surface area contributed by atoms with Crippen LogP contribution in [-0.4, -0.2) is 25.2 Å². The second-order valence-corrected chi connectivity index (χ2v) is 7.24. The highest BCUT2D eigenvalue weighted by atomic mass is 79.9. The molecular weight excluding hydrogens is 346 g/mol. The zero-order chi connectivity index (χ0) is 15.2. The van der Waals surface area contributed by atoms with Gasteiger partial charge in [-0.25, -0.2) is 13.1 Å². The topological polar surface area (TPSA) is 83.5 Å². The molecule has 1 aromatic carbocycles. The van der Waals surface area contributed by atoms with Crippen LogP contribution in [0.1, 0.15) is 37.8 Å². The number of hydrogen-bond donors (Lipinski definition) is 2. The van der Waals surface area contributed by atoms with E-state index in [1.165, 1.54) is 0 Å². The SMILES string of the molecule is CCC(NS(=O)(=O)CCCC(=O)O)c1ccc(Br)cc1. The van der Waals surface area contributed by atoms with Crippen molar-refractivity contribution in [1.29, 1.82) is 0 Å². The number of benzene rings is 1. The summed E-state index contributed by atoms with van der Waals surface area (Å²) in [6.07, 6.45) is 0.594. The van der Waals surface area contributed by atoms with Crippen LogP contribution in [-0.2, 0) is 14.8 Å². The number of carbonyl (C=O) groups is 1. The molecule has 0 radical (unpaired) electrons. The van der Waals surface area contributed by atoms with Crippen molar-refractivity contribution in [3.63, 3.8) is 0 Å². The van der Waals surface area contributed by atoms with Gasteiger partial charge in [0.1, 0.15) is 0 Å². The summed E-state index contributed by atoms with van der Waals surface area (Å²) in [5.74, 6) is -1.16. The minimum atomic E-state index is -3.47. The van der Waals surface area contributed by atoms with Gasteiger partial charge in [-0.15, -0.1) is 0 Å². The van der Waals surface area contributed by atoms with Crippen LogP contribution in [0.2, 0.25) is 0 Å². The van der Waals surface area contributed by atoms with E-state index in [2.05, 4.69) is 20.7 Å². The third kappa shape index (κ3) is 6.02. The first-order valence-corrected chi connectivity index (χ1v) is 8.76. The van der Waals surface area contributed by atoms with E-state index < -0.39 is 16.0 Å². The average Bonchev–Trinajstić information content (AvgIpc) is 2.36. The minimum Gasteiger partial charge on any atom is -0.481 e. The molecule has 1 unspecified atom stereocenters. The fourth-order valence-electron chi connectivity index (χ4n) is 1.77. The zero-order valence-electron chi connectivity index (χ0n) is 11.2. The van der Waals surface area contributed by atoms with Crippen molar-refractivity contribution in [2.24, 2.45) is 0 Å². The number of aliphatic carboxylic acids is 1. The normalized spacial score (nSPS) is 13.1. The fraction of sp³-hybridized carbons (Fsp3) is 0.462. The van der Waals surface area contributed by atoms with Gasteiger partial charge < -0.3 is 5.11 Å². The lowest BCUT2D eigenvalue weighted by Crippen LogP contribution is -2.30. The summed E-state index contributed by atoms with van der Waals surface area (Å²) < 4.78 is 27.4. The first-order chi connectivity index (χ1) is 9.34.